The topological polar surface area (TPSA) is 80.3 Å². The number of methoxy groups -OCH3 is 1. The van der Waals surface area contributed by atoms with Gasteiger partial charge in [0.25, 0.3) is 5.91 Å². The van der Waals surface area contributed by atoms with E-state index in [4.69, 9.17) is 4.74 Å². The first-order chi connectivity index (χ1) is 11.1. The predicted molar refractivity (Wildman–Crippen MR) is 81.4 cm³/mol. The fraction of sp³-hybridized carbons (Fsp3) is 0.188. The van der Waals surface area contributed by atoms with Crippen LogP contribution >= 0.6 is 0 Å². The highest BCUT2D eigenvalue weighted by atomic mass is 19.1. The number of nitrogens with one attached hydrogen (secondary N) is 2. The molecule has 2 rings (SSSR count). The van der Waals surface area contributed by atoms with Gasteiger partial charge in [0.05, 0.1) is 19.2 Å². The van der Waals surface area contributed by atoms with E-state index in [1.807, 2.05) is 0 Å². The maximum absolute atomic E-state index is 13.4. The standard InChI is InChI=1S/C16H16FN3O3/c1-23-15-8-11(6-7-18-15)9-19-14(21)10-20-16(22)12-4-2-3-5-13(12)17/h2-8H,9-10H2,1H3,(H,19,21)(H,20,22). The van der Waals surface area contributed by atoms with E-state index in [1.165, 1.54) is 25.3 Å². The van der Waals surface area contributed by atoms with Gasteiger partial charge in [-0.1, -0.05) is 12.1 Å². The Morgan fingerprint density at radius 3 is 2.74 bits per heavy atom. The molecule has 23 heavy (non-hydrogen) atoms. The molecular formula is C16H16FN3O3. The molecular weight excluding hydrogens is 301 g/mol. The number of carbonyl (C=O) groups is 2. The molecule has 1 aromatic carbocycles. The van der Waals surface area contributed by atoms with Crippen molar-refractivity contribution in [2.24, 2.45) is 0 Å². The highest BCUT2D eigenvalue weighted by Gasteiger charge is 2.11. The van der Waals surface area contributed by atoms with Gasteiger partial charge < -0.3 is 15.4 Å². The largest absolute Gasteiger partial charge is 0.481 e. The van der Waals surface area contributed by atoms with Gasteiger partial charge in [-0.3, -0.25) is 9.59 Å². The van der Waals surface area contributed by atoms with Crippen molar-refractivity contribution in [1.82, 2.24) is 15.6 Å². The molecule has 1 heterocycles. The molecule has 0 bridgehead atoms. The minimum absolute atomic E-state index is 0.0980. The van der Waals surface area contributed by atoms with Crippen LogP contribution in [-0.4, -0.2) is 30.5 Å². The number of hydrogen-bond acceptors (Lipinski definition) is 4. The van der Waals surface area contributed by atoms with Crippen LogP contribution in [0.3, 0.4) is 0 Å². The first kappa shape index (κ1) is 16.4. The maximum Gasteiger partial charge on any atom is 0.254 e. The second kappa shape index (κ2) is 7.88. The highest BCUT2D eigenvalue weighted by molar-refractivity contribution is 5.96. The van der Waals surface area contributed by atoms with Crippen LogP contribution in [0.5, 0.6) is 5.88 Å². The van der Waals surface area contributed by atoms with Crippen molar-refractivity contribution < 1.29 is 18.7 Å². The molecule has 2 amide bonds. The van der Waals surface area contributed by atoms with Crippen LogP contribution in [0, 0.1) is 5.82 Å². The third-order valence-electron chi connectivity index (χ3n) is 3.03. The molecule has 0 aliphatic heterocycles. The quantitative estimate of drug-likeness (QED) is 0.841. The van der Waals surface area contributed by atoms with Crippen molar-refractivity contribution in [3.8, 4) is 5.88 Å². The zero-order valence-corrected chi connectivity index (χ0v) is 12.5. The summed E-state index contributed by atoms with van der Waals surface area (Å²) in [5.41, 5.74) is 0.713. The third kappa shape index (κ3) is 4.77. The Morgan fingerprint density at radius 2 is 2.00 bits per heavy atom. The summed E-state index contributed by atoms with van der Waals surface area (Å²) in [4.78, 5) is 27.5. The molecule has 0 aliphatic rings. The molecule has 0 atom stereocenters. The van der Waals surface area contributed by atoms with E-state index in [1.54, 1.807) is 24.4 Å². The molecule has 2 aromatic rings. The van der Waals surface area contributed by atoms with Gasteiger partial charge >= 0.3 is 0 Å². The Kier molecular flexibility index (Phi) is 5.62. The molecule has 2 N–H and O–H groups in total. The number of rotatable bonds is 6. The van der Waals surface area contributed by atoms with Crippen molar-refractivity contribution in [2.45, 2.75) is 6.54 Å². The molecule has 0 radical (unpaired) electrons. The Labute approximate surface area is 132 Å². The Hall–Kier alpha value is -2.96. The molecule has 0 fully saturated rings. The normalized spacial score (nSPS) is 10.0. The van der Waals surface area contributed by atoms with Gasteiger partial charge in [0, 0.05) is 18.8 Å². The van der Waals surface area contributed by atoms with Crippen LogP contribution in [0.4, 0.5) is 4.39 Å². The van der Waals surface area contributed by atoms with Gasteiger partial charge in [-0.05, 0) is 23.8 Å². The smallest absolute Gasteiger partial charge is 0.254 e. The van der Waals surface area contributed by atoms with Crippen LogP contribution < -0.4 is 15.4 Å². The van der Waals surface area contributed by atoms with E-state index < -0.39 is 11.7 Å². The minimum atomic E-state index is -0.635. The number of pyridine rings is 1. The number of nitrogens with zero attached hydrogens (tertiary/aromatic N) is 1. The van der Waals surface area contributed by atoms with Crippen LogP contribution in [0.1, 0.15) is 15.9 Å². The van der Waals surface area contributed by atoms with Gasteiger partial charge in [0.1, 0.15) is 5.82 Å². The monoisotopic (exact) mass is 317 g/mol. The number of ether oxygens (including phenoxy) is 1. The fourth-order valence-electron chi connectivity index (χ4n) is 1.84. The first-order valence-electron chi connectivity index (χ1n) is 6.88. The van der Waals surface area contributed by atoms with Crippen molar-refractivity contribution >= 4 is 11.8 Å². The van der Waals surface area contributed by atoms with Gasteiger partial charge in [-0.25, -0.2) is 9.37 Å². The Balaban J connectivity index is 1.81. The Morgan fingerprint density at radius 1 is 1.22 bits per heavy atom. The van der Waals surface area contributed by atoms with E-state index in [0.29, 0.717) is 5.88 Å². The van der Waals surface area contributed by atoms with Crippen molar-refractivity contribution in [3.05, 3.63) is 59.5 Å². The van der Waals surface area contributed by atoms with E-state index in [9.17, 15) is 14.0 Å². The van der Waals surface area contributed by atoms with E-state index in [2.05, 4.69) is 15.6 Å². The summed E-state index contributed by atoms with van der Waals surface area (Å²) in [5.74, 6) is -1.20. The van der Waals surface area contributed by atoms with Gasteiger partial charge in [0.2, 0.25) is 11.8 Å². The number of halogens is 1. The number of amides is 2. The lowest BCUT2D eigenvalue weighted by atomic mass is 10.2. The average molecular weight is 317 g/mol. The third-order valence-corrected chi connectivity index (χ3v) is 3.03. The summed E-state index contributed by atoms with van der Waals surface area (Å²) in [6.07, 6.45) is 1.57. The lowest BCUT2D eigenvalue weighted by molar-refractivity contribution is -0.120. The molecule has 0 spiro atoms. The summed E-state index contributed by atoms with van der Waals surface area (Å²) in [5, 5.41) is 5.01. The van der Waals surface area contributed by atoms with E-state index in [0.717, 1.165) is 5.56 Å². The van der Waals surface area contributed by atoms with Crippen LogP contribution in [0.25, 0.3) is 0 Å². The number of aromatic nitrogens is 1. The summed E-state index contributed by atoms with van der Waals surface area (Å²) >= 11 is 0. The van der Waals surface area contributed by atoms with Gasteiger partial charge in [-0.2, -0.15) is 0 Å². The molecule has 0 aliphatic carbocycles. The van der Waals surface area contributed by atoms with Crippen LogP contribution in [0.2, 0.25) is 0 Å². The lowest BCUT2D eigenvalue weighted by Gasteiger charge is -2.08. The molecule has 6 nitrogen and oxygen atoms in total. The van der Waals surface area contributed by atoms with Crippen LogP contribution in [0.15, 0.2) is 42.6 Å². The van der Waals surface area contributed by atoms with Crippen LogP contribution in [-0.2, 0) is 11.3 Å². The van der Waals surface area contributed by atoms with Crippen molar-refractivity contribution in [1.29, 1.82) is 0 Å². The Bertz CT molecular complexity index is 706. The molecule has 0 unspecified atom stereocenters. The summed E-state index contributed by atoms with van der Waals surface area (Å²) in [7, 11) is 1.50. The zero-order chi connectivity index (χ0) is 16.7. The molecule has 1 aromatic heterocycles. The number of carbonyl (C=O) groups excluding carboxylic acids is 2. The predicted octanol–water partition coefficient (Wildman–Crippen LogP) is 1.28. The molecule has 0 saturated heterocycles. The van der Waals surface area contributed by atoms with Crippen molar-refractivity contribution in [3.63, 3.8) is 0 Å². The molecule has 0 saturated carbocycles. The maximum atomic E-state index is 13.4. The molecule has 120 valence electrons. The fourth-order valence-corrected chi connectivity index (χ4v) is 1.84. The van der Waals surface area contributed by atoms with Gasteiger partial charge in [0.15, 0.2) is 0 Å². The van der Waals surface area contributed by atoms with Gasteiger partial charge in [-0.15, -0.1) is 0 Å². The van der Waals surface area contributed by atoms with Crippen molar-refractivity contribution in [2.75, 3.05) is 13.7 Å². The average Bonchev–Trinajstić information content (AvgIpc) is 2.58. The number of benzene rings is 1. The number of hydrogen-bond donors (Lipinski definition) is 2. The summed E-state index contributed by atoms with van der Waals surface area (Å²) < 4.78 is 18.4. The second-order valence-electron chi connectivity index (χ2n) is 4.65. The summed E-state index contributed by atoms with van der Waals surface area (Å²) in [6, 6.07) is 9.01. The minimum Gasteiger partial charge on any atom is -0.481 e. The highest BCUT2D eigenvalue weighted by Crippen LogP contribution is 2.08. The second-order valence-corrected chi connectivity index (χ2v) is 4.65. The zero-order valence-electron chi connectivity index (χ0n) is 12.5. The SMILES string of the molecule is COc1cc(CNC(=O)CNC(=O)c2ccccc2F)ccn1. The van der Waals surface area contributed by atoms with E-state index in [-0.39, 0.29) is 24.6 Å². The first-order valence-corrected chi connectivity index (χ1v) is 6.88. The van der Waals surface area contributed by atoms with E-state index >= 15 is 0 Å². The lowest BCUT2D eigenvalue weighted by Crippen LogP contribution is -2.36. The summed E-state index contributed by atoms with van der Waals surface area (Å²) in [6.45, 7) is 0.0304. The molecule has 7 heteroatoms.